The monoisotopic (exact) mass is 254 g/mol. The zero-order valence-corrected chi connectivity index (χ0v) is 10.5. The van der Waals surface area contributed by atoms with Gasteiger partial charge in [0, 0.05) is 25.1 Å². The van der Waals surface area contributed by atoms with Crippen LogP contribution in [0.25, 0.3) is 0 Å². The lowest BCUT2D eigenvalue weighted by atomic mass is 10.1. The maximum atomic E-state index is 11.3. The summed E-state index contributed by atoms with van der Waals surface area (Å²) in [5.74, 6) is -0.946. The van der Waals surface area contributed by atoms with Crippen LogP contribution in [0.15, 0.2) is 29.3 Å². The molecule has 1 aromatic rings. The number of hydrogen-bond donors (Lipinski definition) is 1. The first-order valence-electron chi connectivity index (χ1n) is 5.30. The summed E-state index contributed by atoms with van der Waals surface area (Å²) < 4.78 is 10.4. The van der Waals surface area contributed by atoms with Gasteiger partial charge in [-0.15, -0.1) is 11.3 Å². The second-order valence-electron chi connectivity index (χ2n) is 4.27. The van der Waals surface area contributed by atoms with Crippen LogP contribution in [0.4, 0.5) is 0 Å². The molecule has 5 heteroatoms. The Morgan fingerprint density at radius 2 is 2.24 bits per heavy atom. The summed E-state index contributed by atoms with van der Waals surface area (Å²) in [5.41, 5.74) is 0. The van der Waals surface area contributed by atoms with Crippen molar-refractivity contribution in [3.8, 4) is 0 Å². The van der Waals surface area contributed by atoms with Gasteiger partial charge in [-0.25, -0.2) is 4.79 Å². The van der Waals surface area contributed by atoms with Crippen molar-refractivity contribution in [2.24, 2.45) is 0 Å². The standard InChI is InChI=1S/C12H14O4S/c1-12(2)15-8(7-11(14)16-12)6-9(13)10-4-3-5-17-10/h3-5,7,9,13H,6H2,1-2H3/t9-/m1/s1. The van der Waals surface area contributed by atoms with E-state index in [9.17, 15) is 9.90 Å². The molecule has 17 heavy (non-hydrogen) atoms. The van der Waals surface area contributed by atoms with Crippen LogP contribution >= 0.6 is 11.3 Å². The normalized spacial score (nSPS) is 20.2. The molecule has 0 bridgehead atoms. The first-order chi connectivity index (χ1) is 7.96. The quantitative estimate of drug-likeness (QED) is 0.841. The summed E-state index contributed by atoms with van der Waals surface area (Å²) >= 11 is 1.47. The van der Waals surface area contributed by atoms with E-state index in [-0.39, 0.29) is 6.42 Å². The Bertz CT molecular complexity index is 433. The van der Waals surface area contributed by atoms with Crippen molar-refractivity contribution in [3.05, 3.63) is 34.2 Å². The maximum Gasteiger partial charge on any atom is 0.337 e. The molecule has 0 saturated heterocycles. The topological polar surface area (TPSA) is 55.8 Å². The van der Waals surface area contributed by atoms with Crippen molar-refractivity contribution in [2.75, 3.05) is 0 Å². The van der Waals surface area contributed by atoms with E-state index < -0.39 is 17.9 Å². The van der Waals surface area contributed by atoms with Gasteiger partial charge in [-0.3, -0.25) is 0 Å². The first-order valence-corrected chi connectivity index (χ1v) is 6.18. The zero-order chi connectivity index (χ0) is 12.5. The molecule has 1 aliphatic heterocycles. The summed E-state index contributed by atoms with van der Waals surface area (Å²) in [6.07, 6.45) is 0.907. The predicted molar refractivity (Wildman–Crippen MR) is 63.2 cm³/mol. The van der Waals surface area contributed by atoms with Gasteiger partial charge in [-0.1, -0.05) is 6.07 Å². The van der Waals surface area contributed by atoms with Gasteiger partial charge in [0.25, 0.3) is 0 Å². The van der Waals surface area contributed by atoms with Gasteiger partial charge in [0.05, 0.1) is 12.2 Å². The fraction of sp³-hybridized carbons (Fsp3) is 0.417. The molecule has 2 heterocycles. The SMILES string of the molecule is CC1(C)OC(=O)C=C(C[C@@H](O)c2cccs2)O1. The molecule has 4 nitrogen and oxygen atoms in total. The number of aliphatic hydroxyl groups excluding tert-OH is 1. The fourth-order valence-corrected chi connectivity index (χ4v) is 2.35. The predicted octanol–water partition coefficient (Wildman–Crippen LogP) is 2.37. The van der Waals surface area contributed by atoms with Gasteiger partial charge in [0.2, 0.25) is 5.79 Å². The van der Waals surface area contributed by atoms with Crippen molar-refractivity contribution in [1.29, 1.82) is 0 Å². The minimum atomic E-state index is -0.962. The van der Waals surface area contributed by atoms with E-state index >= 15 is 0 Å². The van der Waals surface area contributed by atoms with E-state index in [0.29, 0.717) is 5.76 Å². The highest BCUT2D eigenvalue weighted by atomic mass is 32.1. The molecular formula is C12H14O4S. The van der Waals surface area contributed by atoms with Crippen LogP contribution in [0.1, 0.15) is 31.2 Å². The molecule has 0 radical (unpaired) electrons. The van der Waals surface area contributed by atoms with E-state index in [0.717, 1.165) is 4.88 Å². The Hall–Kier alpha value is -1.33. The lowest BCUT2D eigenvalue weighted by Gasteiger charge is -2.31. The highest BCUT2D eigenvalue weighted by Gasteiger charge is 2.31. The van der Waals surface area contributed by atoms with E-state index in [1.807, 2.05) is 17.5 Å². The van der Waals surface area contributed by atoms with Gasteiger partial charge in [0.1, 0.15) is 5.76 Å². The smallest absolute Gasteiger partial charge is 0.337 e. The van der Waals surface area contributed by atoms with Crippen LogP contribution in [-0.2, 0) is 14.3 Å². The van der Waals surface area contributed by atoms with Gasteiger partial charge in [-0.2, -0.15) is 0 Å². The lowest BCUT2D eigenvalue weighted by Crippen LogP contribution is -2.34. The van der Waals surface area contributed by atoms with Crippen molar-refractivity contribution in [2.45, 2.75) is 32.2 Å². The highest BCUT2D eigenvalue weighted by molar-refractivity contribution is 7.10. The third-order valence-corrected chi connectivity index (χ3v) is 3.24. The Morgan fingerprint density at radius 3 is 2.82 bits per heavy atom. The third-order valence-electron chi connectivity index (χ3n) is 2.27. The van der Waals surface area contributed by atoms with Crippen LogP contribution in [-0.4, -0.2) is 16.9 Å². The molecule has 92 valence electrons. The van der Waals surface area contributed by atoms with Crippen molar-refractivity contribution < 1.29 is 19.4 Å². The van der Waals surface area contributed by atoms with Crippen LogP contribution in [0, 0.1) is 0 Å². The molecule has 2 rings (SSSR count). The molecule has 0 saturated carbocycles. The van der Waals surface area contributed by atoms with Gasteiger partial charge >= 0.3 is 5.97 Å². The summed E-state index contributed by atoms with van der Waals surface area (Å²) in [4.78, 5) is 12.2. The number of hydrogen-bond acceptors (Lipinski definition) is 5. The average Bonchev–Trinajstić information content (AvgIpc) is 2.65. The van der Waals surface area contributed by atoms with E-state index in [1.54, 1.807) is 13.8 Å². The Balaban J connectivity index is 2.06. The molecule has 1 aliphatic rings. The maximum absolute atomic E-state index is 11.3. The first kappa shape index (κ1) is 12.1. The number of carbonyl (C=O) groups is 1. The van der Waals surface area contributed by atoms with Crippen molar-refractivity contribution in [1.82, 2.24) is 0 Å². The van der Waals surface area contributed by atoms with Crippen molar-refractivity contribution in [3.63, 3.8) is 0 Å². The fourth-order valence-electron chi connectivity index (χ4n) is 1.64. The molecule has 0 aliphatic carbocycles. The number of thiophene rings is 1. The summed E-state index contributed by atoms with van der Waals surface area (Å²) in [6, 6.07) is 3.72. The Kier molecular flexibility index (Phi) is 3.22. The summed E-state index contributed by atoms with van der Waals surface area (Å²) in [7, 11) is 0. The van der Waals surface area contributed by atoms with E-state index in [4.69, 9.17) is 9.47 Å². The van der Waals surface area contributed by atoms with E-state index in [2.05, 4.69) is 0 Å². The van der Waals surface area contributed by atoms with E-state index in [1.165, 1.54) is 17.4 Å². The summed E-state index contributed by atoms with van der Waals surface area (Å²) in [5, 5.41) is 11.9. The molecule has 0 unspecified atom stereocenters. The second kappa shape index (κ2) is 4.50. The third kappa shape index (κ3) is 3.08. The van der Waals surface area contributed by atoms with Crippen LogP contribution in [0.3, 0.4) is 0 Å². The molecular weight excluding hydrogens is 240 g/mol. The van der Waals surface area contributed by atoms with Crippen LogP contribution in [0.2, 0.25) is 0 Å². The minimum absolute atomic E-state index is 0.277. The molecule has 1 aromatic heterocycles. The number of esters is 1. The highest BCUT2D eigenvalue weighted by Crippen LogP contribution is 2.30. The number of aliphatic hydroxyl groups is 1. The lowest BCUT2D eigenvalue weighted by molar-refractivity contribution is -0.206. The molecule has 0 amide bonds. The number of cyclic esters (lactones) is 1. The Labute approximate surface area is 103 Å². The number of rotatable bonds is 3. The number of carbonyl (C=O) groups excluding carboxylic acids is 1. The van der Waals surface area contributed by atoms with Crippen molar-refractivity contribution >= 4 is 17.3 Å². The largest absolute Gasteiger partial charge is 0.457 e. The Morgan fingerprint density at radius 1 is 1.47 bits per heavy atom. The van der Waals surface area contributed by atoms with Crippen LogP contribution < -0.4 is 0 Å². The molecule has 0 spiro atoms. The average molecular weight is 254 g/mol. The van der Waals surface area contributed by atoms with Crippen LogP contribution in [0.5, 0.6) is 0 Å². The zero-order valence-electron chi connectivity index (χ0n) is 9.67. The van der Waals surface area contributed by atoms with Gasteiger partial charge in [-0.05, 0) is 11.4 Å². The van der Waals surface area contributed by atoms with Gasteiger partial charge < -0.3 is 14.6 Å². The number of ether oxygens (including phenoxy) is 2. The molecule has 1 N–H and O–H groups in total. The molecule has 0 fully saturated rings. The van der Waals surface area contributed by atoms with Gasteiger partial charge in [0.15, 0.2) is 0 Å². The minimum Gasteiger partial charge on any atom is -0.457 e. The summed E-state index contributed by atoms with van der Waals surface area (Å²) in [6.45, 7) is 3.32. The molecule has 1 atom stereocenters. The molecule has 0 aromatic carbocycles. The second-order valence-corrected chi connectivity index (χ2v) is 5.25.